The Hall–Kier alpha value is -1.04. The largest absolute Gasteiger partial charge is 0.416 e. The minimum absolute atomic E-state index is 0.00541. The lowest BCUT2D eigenvalue weighted by Gasteiger charge is -2.17. The fourth-order valence-corrected chi connectivity index (χ4v) is 2.12. The van der Waals surface area contributed by atoms with Gasteiger partial charge in [0, 0.05) is 25.3 Å². The summed E-state index contributed by atoms with van der Waals surface area (Å²) in [5.74, 6) is 0.00541. The summed E-state index contributed by atoms with van der Waals surface area (Å²) in [6.45, 7) is 0.325. The van der Waals surface area contributed by atoms with Gasteiger partial charge in [-0.3, -0.25) is 4.79 Å². The van der Waals surface area contributed by atoms with E-state index in [1.807, 2.05) is 0 Å². The molecular formula is C14H17BrF3NO. The molecule has 0 bridgehead atoms. The molecule has 0 atom stereocenters. The molecule has 0 spiro atoms. The Bertz CT molecular complexity index is 431. The van der Waals surface area contributed by atoms with Gasteiger partial charge in [-0.15, -0.1) is 0 Å². The van der Waals surface area contributed by atoms with Crippen molar-refractivity contribution in [1.29, 1.82) is 0 Å². The topological polar surface area (TPSA) is 20.3 Å². The lowest BCUT2D eigenvalue weighted by molar-refractivity contribution is -0.137. The number of rotatable bonds is 6. The zero-order valence-corrected chi connectivity index (χ0v) is 12.8. The Labute approximate surface area is 125 Å². The Morgan fingerprint density at radius 3 is 2.30 bits per heavy atom. The molecule has 6 heteroatoms. The van der Waals surface area contributed by atoms with Crippen molar-refractivity contribution in [3.63, 3.8) is 0 Å². The van der Waals surface area contributed by atoms with Crippen molar-refractivity contribution in [3.8, 4) is 0 Å². The molecule has 20 heavy (non-hydrogen) atoms. The van der Waals surface area contributed by atoms with Crippen LogP contribution in [0.3, 0.4) is 0 Å². The molecule has 0 radical (unpaired) electrons. The van der Waals surface area contributed by atoms with E-state index in [0.29, 0.717) is 18.5 Å². The highest BCUT2D eigenvalue weighted by molar-refractivity contribution is 9.09. The Balaban J connectivity index is 2.53. The summed E-state index contributed by atoms with van der Waals surface area (Å²) in [5, 5.41) is 0.864. The molecule has 0 aliphatic carbocycles. The van der Waals surface area contributed by atoms with Gasteiger partial charge in [0.25, 0.3) is 0 Å². The van der Waals surface area contributed by atoms with E-state index in [9.17, 15) is 18.0 Å². The van der Waals surface area contributed by atoms with Gasteiger partial charge in [-0.2, -0.15) is 13.2 Å². The minimum Gasteiger partial charge on any atom is -0.341 e. The molecule has 0 unspecified atom stereocenters. The maximum absolute atomic E-state index is 12.4. The molecule has 0 saturated carbocycles. The lowest BCUT2D eigenvalue weighted by atomic mass is 10.1. The summed E-state index contributed by atoms with van der Waals surface area (Å²) in [5.41, 5.74) is 0.0156. The van der Waals surface area contributed by atoms with Crippen molar-refractivity contribution in [2.75, 3.05) is 12.4 Å². The van der Waals surface area contributed by atoms with Crippen molar-refractivity contribution in [2.45, 2.75) is 32.0 Å². The number of alkyl halides is 4. The molecule has 0 fully saturated rings. The van der Waals surface area contributed by atoms with E-state index in [1.165, 1.54) is 17.0 Å². The van der Waals surface area contributed by atoms with E-state index < -0.39 is 11.7 Å². The number of halogens is 4. The smallest absolute Gasteiger partial charge is 0.341 e. The fraction of sp³-hybridized carbons (Fsp3) is 0.500. The zero-order valence-electron chi connectivity index (χ0n) is 11.2. The molecule has 112 valence electrons. The first kappa shape index (κ1) is 17.0. The third-order valence-electron chi connectivity index (χ3n) is 2.90. The molecule has 0 aliphatic rings. The molecule has 1 rings (SSSR count). The van der Waals surface area contributed by atoms with E-state index in [4.69, 9.17) is 0 Å². The number of hydrogen-bond acceptors (Lipinski definition) is 1. The molecule has 0 aliphatic heterocycles. The Morgan fingerprint density at radius 2 is 1.80 bits per heavy atom. The molecule has 2 nitrogen and oxygen atoms in total. The third-order valence-corrected chi connectivity index (χ3v) is 3.46. The number of nitrogens with zero attached hydrogens (tertiary/aromatic N) is 1. The maximum Gasteiger partial charge on any atom is 0.416 e. The van der Waals surface area contributed by atoms with Gasteiger partial charge in [-0.05, 0) is 30.5 Å². The van der Waals surface area contributed by atoms with Crippen LogP contribution in [0.15, 0.2) is 24.3 Å². The number of amides is 1. The van der Waals surface area contributed by atoms with E-state index in [2.05, 4.69) is 15.9 Å². The van der Waals surface area contributed by atoms with Crippen molar-refractivity contribution < 1.29 is 18.0 Å². The molecule has 0 saturated heterocycles. The lowest BCUT2D eigenvalue weighted by Crippen LogP contribution is -2.25. The van der Waals surface area contributed by atoms with Gasteiger partial charge in [-0.25, -0.2) is 0 Å². The minimum atomic E-state index is -4.32. The van der Waals surface area contributed by atoms with Gasteiger partial charge >= 0.3 is 6.18 Å². The first-order valence-corrected chi connectivity index (χ1v) is 7.43. The van der Waals surface area contributed by atoms with Crippen LogP contribution in [0.25, 0.3) is 0 Å². The summed E-state index contributed by atoms with van der Waals surface area (Å²) in [6, 6.07) is 4.90. The van der Waals surface area contributed by atoms with Crippen LogP contribution in [0.1, 0.15) is 30.4 Å². The third kappa shape index (κ3) is 5.53. The highest BCUT2D eigenvalue weighted by atomic mass is 79.9. The average Bonchev–Trinajstić information content (AvgIpc) is 2.38. The molecular weight excluding hydrogens is 335 g/mol. The summed E-state index contributed by atoms with van der Waals surface area (Å²) >= 11 is 3.30. The highest BCUT2D eigenvalue weighted by Gasteiger charge is 2.29. The van der Waals surface area contributed by atoms with Crippen molar-refractivity contribution in [2.24, 2.45) is 0 Å². The van der Waals surface area contributed by atoms with Crippen LogP contribution < -0.4 is 0 Å². The first-order valence-electron chi connectivity index (χ1n) is 6.30. The second-order valence-electron chi connectivity index (χ2n) is 4.59. The van der Waals surface area contributed by atoms with Gasteiger partial charge in [-0.1, -0.05) is 28.1 Å². The number of carbonyl (C=O) groups is 1. The quantitative estimate of drug-likeness (QED) is 0.554. The van der Waals surface area contributed by atoms with E-state index in [1.54, 1.807) is 7.05 Å². The average molecular weight is 352 g/mol. The second-order valence-corrected chi connectivity index (χ2v) is 5.38. The predicted octanol–water partition coefficient (Wildman–Crippen LogP) is 4.23. The summed E-state index contributed by atoms with van der Waals surface area (Å²) in [7, 11) is 1.66. The van der Waals surface area contributed by atoms with Gasteiger partial charge in [0.1, 0.15) is 0 Å². The molecule has 1 aromatic carbocycles. The summed E-state index contributed by atoms with van der Waals surface area (Å²) < 4.78 is 37.2. The first-order chi connectivity index (χ1) is 9.34. The molecule has 0 N–H and O–H groups in total. The number of benzene rings is 1. The van der Waals surface area contributed by atoms with Crippen molar-refractivity contribution >= 4 is 21.8 Å². The van der Waals surface area contributed by atoms with Gasteiger partial charge < -0.3 is 4.90 Å². The zero-order chi connectivity index (χ0) is 15.2. The van der Waals surface area contributed by atoms with Crippen LogP contribution in [0.4, 0.5) is 13.2 Å². The summed E-state index contributed by atoms with van der Waals surface area (Å²) in [6.07, 6.45) is -2.13. The van der Waals surface area contributed by atoms with Gasteiger partial charge in [0.15, 0.2) is 0 Å². The van der Waals surface area contributed by atoms with Crippen LogP contribution in [0.2, 0.25) is 0 Å². The number of unbranched alkanes of at least 4 members (excludes halogenated alkanes) is 1. The molecule has 1 amide bonds. The van der Waals surface area contributed by atoms with Crippen LogP contribution in [0.5, 0.6) is 0 Å². The van der Waals surface area contributed by atoms with Crippen LogP contribution >= 0.6 is 15.9 Å². The standard InChI is InChI=1S/C14H17BrF3NO/c1-19(13(20)4-2-3-9-15)10-11-5-7-12(8-6-11)14(16,17)18/h5-8H,2-4,9-10H2,1H3. The van der Waals surface area contributed by atoms with Gasteiger partial charge in [0.2, 0.25) is 5.91 Å². The summed E-state index contributed by atoms with van der Waals surface area (Å²) in [4.78, 5) is 13.3. The normalized spacial score (nSPS) is 11.4. The fourth-order valence-electron chi connectivity index (χ4n) is 1.72. The van der Waals surface area contributed by atoms with Gasteiger partial charge in [0.05, 0.1) is 5.56 Å². The second kappa shape index (κ2) is 7.67. The molecule has 0 aromatic heterocycles. The monoisotopic (exact) mass is 351 g/mol. The highest BCUT2D eigenvalue weighted by Crippen LogP contribution is 2.29. The number of hydrogen-bond donors (Lipinski definition) is 0. The van der Waals surface area contributed by atoms with E-state index in [-0.39, 0.29) is 5.91 Å². The van der Waals surface area contributed by atoms with E-state index in [0.717, 1.165) is 30.3 Å². The van der Waals surface area contributed by atoms with E-state index >= 15 is 0 Å². The Morgan fingerprint density at radius 1 is 1.20 bits per heavy atom. The SMILES string of the molecule is CN(Cc1ccc(C(F)(F)F)cc1)C(=O)CCCCBr. The van der Waals surface area contributed by atoms with Crippen molar-refractivity contribution in [1.82, 2.24) is 4.90 Å². The van der Waals surface area contributed by atoms with Crippen LogP contribution in [0, 0.1) is 0 Å². The molecule has 0 heterocycles. The van der Waals surface area contributed by atoms with Crippen LogP contribution in [-0.2, 0) is 17.5 Å². The number of carbonyl (C=O) groups excluding carboxylic acids is 1. The molecule has 1 aromatic rings. The predicted molar refractivity (Wildman–Crippen MR) is 75.6 cm³/mol. The van der Waals surface area contributed by atoms with Crippen molar-refractivity contribution in [3.05, 3.63) is 35.4 Å². The van der Waals surface area contributed by atoms with Crippen LogP contribution in [-0.4, -0.2) is 23.2 Å². The Kier molecular flexibility index (Phi) is 6.52. The maximum atomic E-state index is 12.4.